The Kier molecular flexibility index (Phi) is 8.31. The summed E-state index contributed by atoms with van der Waals surface area (Å²) in [5.41, 5.74) is 3.19. The Bertz CT molecular complexity index is 1000. The van der Waals surface area contributed by atoms with Gasteiger partial charge in [0.15, 0.2) is 12.4 Å². The smallest absolute Gasteiger partial charge is 0.306 e. The molecule has 0 aliphatic heterocycles. The van der Waals surface area contributed by atoms with Gasteiger partial charge in [-0.15, -0.1) is 0 Å². The average molecular weight is 426 g/mol. The van der Waals surface area contributed by atoms with Crippen LogP contribution in [0.5, 0.6) is 5.75 Å². The van der Waals surface area contributed by atoms with Crippen molar-refractivity contribution >= 4 is 34.9 Å². The number of hydrogen-bond acceptors (Lipinski definition) is 6. The molecule has 0 aliphatic rings. The lowest BCUT2D eigenvalue weighted by molar-refractivity contribution is -0.147. The number of carbonyl (C=O) groups excluding carboxylic acids is 4. The molecule has 8 heteroatoms. The molecule has 0 unspecified atom stereocenters. The number of carbonyl (C=O) groups is 4. The summed E-state index contributed by atoms with van der Waals surface area (Å²) in [6.07, 6.45) is -0.127. The van der Waals surface area contributed by atoms with Gasteiger partial charge >= 0.3 is 5.97 Å². The molecule has 0 radical (unpaired) electrons. The minimum atomic E-state index is -0.646. The summed E-state index contributed by atoms with van der Waals surface area (Å²) in [5, 5.41) is 5.18. The summed E-state index contributed by atoms with van der Waals surface area (Å²) < 4.78 is 10.2. The zero-order valence-corrected chi connectivity index (χ0v) is 18.0. The van der Waals surface area contributed by atoms with Crippen molar-refractivity contribution in [1.82, 2.24) is 0 Å². The molecule has 2 amide bonds. The Morgan fingerprint density at radius 2 is 1.68 bits per heavy atom. The van der Waals surface area contributed by atoms with E-state index >= 15 is 0 Å². The minimum Gasteiger partial charge on any atom is -0.495 e. The molecule has 31 heavy (non-hydrogen) atoms. The maximum Gasteiger partial charge on any atom is 0.306 e. The molecule has 0 saturated carbocycles. The minimum absolute atomic E-state index is 0.00265. The van der Waals surface area contributed by atoms with Gasteiger partial charge in [-0.3, -0.25) is 19.2 Å². The first-order valence-electron chi connectivity index (χ1n) is 9.71. The van der Waals surface area contributed by atoms with Gasteiger partial charge in [0.05, 0.1) is 19.2 Å². The molecule has 0 heterocycles. The van der Waals surface area contributed by atoms with Gasteiger partial charge in [-0.25, -0.2) is 0 Å². The van der Waals surface area contributed by atoms with Crippen LogP contribution in [0.1, 0.15) is 41.3 Å². The Morgan fingerprint density at radius 3 is 2.35 bits per heavy atom. The molecule has 2 rings (SSSR count). The summed E-state index contributed by atoms with van der Waals surface area (Å²) in [6.45, 7) is 4.59. The topological polar surface area (TPSA) is 111 Å². The second-order valence-electron chi connectivity index (χ2n) is 7.05. The maximum atomic E-state index is 12.3. The molecule has 2 aromatic carbocycles. The number of ether oxygens (including phenoxy) is 2. The van der Waals surface area contributed by atoms with E-state index < -0.39 is 18.5 Å². The van der Waals surface area contributed by atoms with Crippen molar-refractivity contribution in [3.05, 3.63) is 53.1 Å². The van der Waals surface area contributed by atoms with Crippen LogP contribution >= 0.6 is 0 Å². The maximum absolute atomic E-state index is 12.3. The number of amides is 2. The molecule has 0 atom stereocenters. The zero-order chi connectivity index (χ0) is 23.0. The van der Waals surface area contributed by atoms with Crippen molar-refractivity contribution < 1.29 is 28.7 Å². The summed E-state index contributed by atoms with van der Waals surface area (Å²) in [5.74, 6) is -1.25. The van der Waals surface area contributed by atoms with Crippen LogP contribution in [0.4, 0.5) is 11.4 Å². The van der Waals surface area contributed by atoms with E-state index in [0.717, 1.165) is 11.1 Å². The van der Waals surface area contributed by atoms with E-state index in [1.807, 2.05) is 26.0 Å². The fraction of sp³-hybridized carbons (Fsp3) is 0.304. The second kappa shape index (κ2) is 10.9. The molecule has 0 fully saturated rings. The van der Waals surface area contributed by atoms with E-state index in [0.29, 0.717) is 22.7 Å². The molecule has 0 aliphatic carbocycles. The van der Waals surface area contributed by atoms with E-state index in [-0.39, 0.29) is 24.5 Å². The van der Waals surface area contributed by atoms with Crippen LogP contribution in [0.25, 0.3) is 0 Å². The van der Waals surface area contributed by atoms with Crippen LogP contribution in [-0.4, -0.2) is 37.3 Å². The zero-order valence-electron chi connectivity index (χ0n) is 18.0. The van der Waals surface area contributed by atoms with Crippen LogP contribution in [0.3, 0.4) is 0 Å². The molecule has 8 nitrogen and oxygen atoms in total. The molecule has 0 aromatic heterocycles. The number of anilines is 2. The monoisotopic (exact) mass is 426 g/mol. The quantitative estimate of drug-likeness (QED) is 0.470. The summed E-state index contributed by atoms with van der Waals surface area (Å²) in [7, 11) is 1.44. The van der Waals surface area contributed by atoms with Crippen LogP contribution in [0, 0.1) is 13.8 Å². The van der Waals surface area contributed by atoms with E-state index in [9.17, 15) is 19.2 Å². The van der Waals surface area contributed by atoms with Crippen molar-refractivity contribution in [3.63, 3.8) is 0 Å². The standard InChI is InChI=1S/C23H26N2O6/c1-14-5-6-15(2)18(11-14)20(27)8-10-23(29)31-13-22(28)25-19-12-17(24-16(3)26)7-9-21(19)30-4/h5-7,9,11-12H,8,10,13H2,1-4H3,(H,24,26)(H,25,28). The number of esters is 1. The number of aryl methyl sites for hydroxylation is 2. The molecule has 2 aromatic rings. The Hall–Kier alpha value is -3.68. The molecule has 2 N–H and O–H groups in total. The molecular weight excluding hydrogens is 400 g/mol. The summed E-state index contributed by atoms with van der Waals surface area (Å²) in [4.78, 5) is 47.7. The Balaban J connectivity index is 1.87. The number of nitrogens with one attached hydrogen (secondary N) is 2. The Morgan fingerprint density at radius 1 is 0.935 bits per heavy atom. The van der Waals surface area contributed by atoms with Gasteiger partial charge in [-0.05, 0) is 43.7 Å². The largest absolute Gasteiger partial charge is 0.495 e. The van der Waals surface area contributed by atoms with E-state index in [1.54, 1.807) is 18.2 Å². The first-order valence-corrected chi connectivity index (χ1v) is 9.71. The van der Waals surface area contributed by atoms with Crippen molar-refractivity contribution in [2.45, 2.75) is 33.6 Å². The van der Waals surface area contributed by atoms with E-state index in [4.69, 9.17) is 9.47 Å². The fourth-order valence-corrected chi connectivity index (χ4v) is 2.88. The van der Waals surface area contributed by atoms with Gasteiger partial charge in [-0.2, -0.15) is 0 Å². The lowest BCUT2D eigenvalue weighted by Gasteiger charge is -2.12. The highest BCUT2D eigenvalue weighted by atomic mass is 16.5. The van der Waals surface area contributed by atoms with Crippen molar-refractivity contribution in [2.24, 2.45) is 0 Å². The predicted octanol–water partition coefficient (Wildman–Crippen LogP) is 3.42. The SMILES string of the molecule is COc1ccc(NC(C)=O)cc1NC(=O)COC(=O)CCC(=O)c1cc(C)ccc1C. The van der Waals surface area contributed by atoms with Gasteiger partial charge in [-0.1, -0.05) is 17.7 Å². The number of hydrogen-bond donors (Lipinski definition) is 2. The van der Waals surface area contributed by atoms with Crippen molar-refractivity contribution in [1.29, 1.82) is 0 Å². The number of benzene rings is 2. The highest BCUT2D eigenvalue weighted by Gasteiger charge is 2.15. The third kappa shape index (κ3) is 7.26. The van der Waals surface area contributed by atoms with Crippen LogP contribution in [0.15, 0.2) is 36.4 Å². The van der Waals surface area contributed by atoms with Crippen molar-refractivity contribution in [3.8, 4) is 5.75 Å². The third-order valence-electron chi connectivity index (χ3n) is 4.41. The number of Topliss-reactive ketones (excluding diaryl/α,β-unsaturated/α-hetero) is 1. The normalized spacial score (nSPS) is 10.2. The highest BCUT2D eigenvalue weighted by Crippen LogP contribution is 2.27. The van der Waals surface area contributed by atoms with Crippen LogP contribution in [0.2, 0.25) is 0 Å². The van der Waals surface area contributed by atoms with Crippen LogP contribution in [-0.2, 0) is 19.1 Å². The van der Waals surface area contributed by atoms with E-state index in [2.05, 4.69) is 10.6 Å². The molecule has 0 bridgehead atoms. The predicted molar refractivity (Wildman–Crippen MR) is 116 cm³/mol. The second-order valence-corrected chi connectivity index (χ2v) is 7.05. The molecular formula is C23H26N2O6. The number of ketones is 1. The molecule has 0 saturated heterocycles. The lowest BCUT2D eigenvalue weighted by Crippen LogP contribution is -2.21. The first kappa shape index (κ1) is 23.6. The molecule has 0 spiro atoms. The van der Waals surface area contributed by atoms with Gasteiger partial charge < -0.3 is 20.1 Å². The Labute approximate surface area is 180 Å². The van der Waals surface area contributed by atoms with Crippen LogP contribution < -0.4 is 15.4 Å². The van der Waals surface area contributed by atoms with Crippen molar-refractivity contribution in [2.75, 3.05) is 24.4 Å². The lowest BCUT2D eigenvalue weighted by atomic mass is 9.99. The first-order chi connectivity index (χ1) is 14.7. The van der Waals surface area contributed by atoms with Gasteiger partial charge in [0.1, 0.15) is 5.75 Å². The molecule has 164 valence electrons. The fourth-order valence-electron chi connectivity index (χ4n) is 2.88. The van der Waals surface area contributed by atoms with Gasteiger partial charge in [0.2, 0.25) is 5.91 Å². The average Bonchev–Trinajstić information content (AvgIpc) is 2.72. The third-order valence-corrected chi connectivity index (χ3v) is 4.41. The highest BCUT2D eigenvalue weighted by molar-refractivity contribution is 5.99. The number of methoxy groups -OCH3 is 1. The van der Waals surface area contributed by atoms with E-state index in [1.165, 1.54) is 20.1 Å². The summed E-state index contributed by atoms with van der Waals surface area (Å²) in [6, 6.07) is 10.3. The number of rotatable bonds is 9. The summed E-state index contributed by atoms with van der Waals surface area (Å²) >= 11 is 0. The van der Waals surface area contributed by atoms with Gasteiger partial charge in [0, 0.05) is 24.6 Å². The van der Waals surface area contributed by atoms with Gasteiger partial charge in [0.25, 0.3) is 5.91 Å².